The summed E-state index contributed by atoms with van der Waals surface area (Å²) in [5, 5.41) is 8.96. The number of pyridine rings is 3. The van der Waals surface area contributed by atoms with Crippen molar-refractivity contribution in [3.8, 4) is 34.3 Å². The fourth-order valence-corrected chi connectivity index (χ4v) is 5.67. The van der Waals surface area contributed by atoms with Gasteiger partial charge in [-0.1, -0.05) is 42.5 Å². The Morgan fingerprint density at radius 3 is 2.36 bits per heavy atom. The van der Waals surface area contributed by atoms with Gasteiger partial charge in [-0.05, 0) is 53.6 Å². The van der Waals surface area contributed by atoms with Crippen LogP contribution in [0.25, 0.3) is 39.4 Å². The van der Waals surface area contributed by atoms with Crippen LogP contribution in [-0.2, 0) is 6.54 Å². The molecule has 0 aliphatic carbocycles. The summed E-state index contributed by atoms with van der Waals surface area (Å²) in [6.45, 7) is 3.56. The van der Waals surface area contributed by atoms with Crippen molar-refractivity contribution in [1.82, 2.24) is 34.3 Å². The highest BCUT2D eigenvalue weighted by molar-refractivity contribution is 5.94. The third-order valence-corrected chi connectivity index (χ3v) is 8.07. The number of hydrogen-bond acceptors (Lipinski definition) is 8. The number of nitrogens with zero attached hydrogens (tertiary/aromatic N) is 8. The van der Waals surface area contributed by atoms with E-state index >= 15 is 0 Å². The number of nitrogen functional groups attached to an aromatic ring is 1. The molecule has 1 saturated heterocycles. The Bertz CT molecular complexity index is 2020. The zero-order valence-corrected chi connectivity index (χ0v) is 24.4. The number of anilines is 1. The largest absolute Gasteiger partial charge is 0.383 e. The topological polar surface area (TPSA) is 130 Å². The molecule has 45 heavy (non-hydrogen) atoms. The third-order valence-electron chi connectivity index (χ3n) is 8.07. The van der Waals surface area contributed by atoms with Gasteiger partial charge in [0, 0.05) is 62.6 Å². The predicted molar refractivity (Wildman–Crippen MR) is 172 cm³/mol. The van der Waals surface area contributed by atoms with Crippen LogP contribution in [0.5, 0.6) is 0 Å². The summed E-state index contributed by atoms with van der Waals surface area (Å²) >= 11 is 0. The second-order valence-corrected chi connectivity index (χ2v) is 10.9. The Morgan fingerprint density at radius 1 is 0.844 bits per heavy atom. The smallest absolute Gasteiger partial charge is 0.255 e. The lowest BCUT2D eigenvalue weighted by Gasteiger charge is -2.34. The highest BCUT2D eigenvalue weighted by atomic mass is 16.2. The number of nitrogens with two attached hydrogens (primary N) is 1. The molecule has 10 heteroatoms. The molecule has 0 radical (unpaired) electrons. The minimum atomic E-state index is -0.0573. The normalized spacial score (nSPS) is 13.5. The van der Waals surface area contributed by atoms with E-state index < -0.39 is 0 Å². The number of benzene rings is 2. The number of aromatic nitrogens is 5. The molecule has 220 valence electrons. The third kappa shape index (κ3) is 5.60. The van der Waals surface area contributed by atoms with Crippen LogP contribution < -0.4 is 5.73 Å². The Labute approximate surface area is 260 Å². The summed E-state index contributed by atoms with van der Waals surface area (Å²) in [6.07, 6.45) is 5.03. The monoisotopic (exact) mass is 591 g/mol. The number of carbonyl (C=O) groups is 1. The van der Waals surface area contributed by atoms with Gasteiger partial charge in [0.05, 0.1) is 11.1 Å². The molecule has 2 aromatic carbocycles. The minimum absolute atomic E-state index is 0.0573. The van der Waals surface area contributed by atoms with Crippen LogP contribution in [-0.4, -0.2) is 66.4 Å². The van der Waals surface area contributed by atoms with Crippen molar-refractivity contribution in [3.05, 3.63) is 120 Å². The van der Waals surface area contributed by atoms with Crippen molar-refractivity contribution in [2.75, 3.05) is 31.9 Å². The molecule has 0 saturated carbocycles. The molecule has 0 bridgehead atoms. The molecule has 4 aromatic heterocycles. The van der Waals surface area contributed by atoms with Gasteiger partial charge in [-0.2, -0.15) is 5.26 Å². The zero-order chi connectivity index (χ0) is 30.8. The standard InChI is InChI=1S/C35H29N9O/c36-20-28-11-10-26(21-39-28)35(45)43-17-15-42(16-18-43)23-24-8-12-29(13-9-24)44-33(30-7-4-14-38-32(30)37)41-31-19-27(22-40-34(31)44)25-5-2-1-3-6-25/h1-14,19,21-22H,15-18,23H2,(H2,37,38). The Kier molecular flexibility index (Phi) is 7.43. The van der Waals surface area contributed by atoms with Gasteiger partial charge in [-0.3, -0.25) is 14.3 Å². The van der Waals surface area contributed by atoms with Crippen molar-refractivity contribution in [3.63, 3.8) is 0 Å². The number of nitriles is 1. The summed E-state index contributed by atoms with van der Waals surface area (Å²) in [5.74, 6) is 1.03. The fraction of sp³-hybridized carbons (Fsp3) is 0.143. The van der Waals surface area contributed by atoms with E-state index in [1.807, 2.05) is 52.1 Å². The Morgan fingerprint density at radius 2 is 1.64 bits per heavy atom. The number of rotatable bonds is 6. The van der Waals surface area contributed by atoms with E-state index in [9.17, 15) is 4.79 Å². The number of hydrogen-bond donors (Lipinski definition) is 1. The average Bonchev–Trinajstić information content (AvgIpc) is 3.48. The maximum Gasteiger partial charge on any atom is 0.255 e. The van der Waals surface area contributed by atoms with Gasteiger partial charge in [0.15, 0.2) is 11.5 Å². The summed E-state index contributed by atoms with van der Waals surface area (Å²) in [4.78, 5) is 35.3. The van der Waals surface area contributed by atoms with Gasteiger partial charge in [0.25, 0.3) is 5.91 Å². The molecule has 6 aromatic rings. The minimum Gasteiger partial charge on any atom is -0.383 e. The molecule has 5 heterocycles. The van der Waals surface area contributed by atoms with Crippen molar-refractivity contribution in [2.45, 2.75) is 6.54 Å². The van der Waals surface area contributed by atoms with Gasteiger partial charge in [0.2, 0.25) is 0 Å². The van der Waals surface area contributed by atoms with Crippen molar-refractivity contribution in [1.29, 1.82) is 5.26 Å². The predicted octanol–water partition coefficient (Wildman–Crippen LogP) is 4.96. The van der Waals surface area contributed by atoms with Crippen molar-refractivity contribution >= 4 is 22.9 Å². The molecule has 1 amide bonds. The van der Waals surface area contributed by atoms with E-state index in [1.165, 1.54) is 11.8 Å². The zero-order valence-electron chi connectivity index (χ0n) is 24.4. The molecule has 1 fully saturated rings. The summed E-state index contributed by atoms with van der Waals surface area (Å²) in [6, 6.07) is 29.6. The first-order valence-corrected chi connectivity index (χ1v) is 14.7. The maximum atomic E-state index is 12.9. The lowest BCUT2D eigenvalue weighted by Crippen LogP contribution is -2.48. The SMILES string of the molecule is N#Cc1ccc(C(=O)N2CCN(Cc3ccc(-n4c(-c5cccnc5N)nc5cc(-c6ccccc6)cnc54)cc3)CC2)cn1. The van der Waals surface area contributed by atoms with Gasteiger partial charge >= 0.3 is 0 Å². The van der Waals surface area contributed by atoms with Crippen LogP contribution in [0.1, 0.15) is 21.6 Å². The van der Waals surface area contributed by atoms with Gasteiger partial charge < -0.3 is 10.6 Å². The first-order valence-electron chi connectivity index (χ1n) is 14.7. The van der Waals surface area contributed by atoms with E-state index in [0.717, 1.165) is 53.2 Å². The lowest BCUT2D eigenvalue weighted by atomic mass is 10.1. The summed E-state index contributed by atoms with van der Waals surface area (Å²) in [5.41, 5.74) is 13.5. The molecular formula is C35H29N9O. The first kappa shape index (κ1) is 27.9. The first-order chi connectivity index (χ1) is 22.1. The van der Waals surface area contributed by atoms with Gasteiger partial charge in [-0.15, -0.1) is 0 Å². The number of imidazole rings is 1. The second kappa shape index (κ2) is 12.0. The molecule has 0 unspecified atom stereocenters. The van der Waals surface area contributed by atoms with Crippen LogP contribution in [0.15, 0.2) is 104 Å². The molecule has 0 spiro atoms. The van der Waals surface area contributed by atoms with Crippen LogP contribution >= 0.6 is 0 Å². The van der Waals surface area contributed by atoms with Crippen molar-refractivity contribution < 1.29 is 4.79 Å². The molecule has 10 nitrogen and oxygen atoms in total. The number of piperazine rings is 1. The number of fused-ring (bicyclic) bond motifs is 1. The van der Waals surface area contributed by atoms with Crippen molar-refractivity contribution in [2.24, 2.45) is 0 Å². The molecule has 1 aliphatic heterocycles. The molecule has 7 rings (SSSR count). The fourth-order valence-electron chi connectivity index (χ4n) is 5.67. The van der Waals surface area contributed by atoms with Crippen LogP contribution in [0.3, 0.4) is 0 Å². The summed E-state index contributed by atoms with van der Waals surface area (Å²) in [7, 11) is 0. The molecule has 1 aliphatic rings. The van der Waals surface area contributed by atoms with Gasteiger partial charge in [-0.25, -0.2) is 19.9 Å². The van der Waals surface area contributed by atoms with Crippen LogP contribution in [0.4, 0.5) is 5.82 Å². The van der Waals surface area contributed by atoms with E-state index in [1.54, 1.807) is 18.3 Å². The van der Waals surface area contributed by atoms with E-state index in [0.29, 0.717) is 36.0 Å². The second-order valence-electron chi connectivity index (χ2n) is 10.9. The average molecular weight is 592 g/mol. The summed E-state index contributed by atoms with van der Waals surface area (Å²) < 4.78 is 2.03. The molecular weight excluding hydrogens is 562 g/mol. The van der Waals surface area contributed by atoms with Crippen LogP contribution in [0.2, 0.25) is 0 Å². The van der Waals surface area contributed by atoms with E-state index in [2.05, 4.69) is 57.3 Å². The Balaban J connectivity index is 1.11. The maximum absolute atomic E-state index is 12.9. The highest BCUT2D eigenvalue weighted by Crippen LogP contribution is 2.32. The van der Waals surface area contributed by atoms with E-state index in [-0.39, 0.29) is 5.91 Å². The lowest BCUT2D eigenvalue weighted by molar-refractivity contribution is 0.0628. The van der Waals surface area contributed by atoms with Gasteiger partial charge in [0.1, 0.15) is 23.1 Å². The highest BCUT2D eigenvalue weighted by Gasteiger charge is 2.23. The Hall–Kier alpha value is -5.92. The number of amides is 1. The van der Waals surface area contributed by atoms with E-state index in [4.69, 9.17) is 21.0 Å². The quantitative estimate of drug-likeness (QED) is 0.288. The molecule has 0 atom stereocenters. The van der Waals surface area contributed by atoms with Crippen LogP contribution in [0, 0.1) is 11.3 Å². The number of carbonyl (C=O) groups excluding carboxylic acids is 1. The molecule has 2 N–H and O–H groups in total.